The van der Waals surface area contributed by atoms with E-state index in [2.05, 4.69) is 41.9 Å². The summed E-state index contributed by atoms with van der Waals surface area (Å²) in [5, 5.41) is 2.99. The van der Waals surface area contributed by atoms with E-state index in [0.29, 0.717) is 31.7 Å². The Hall–Kier alpha value is -3.80. The molecule has 4 aromatic rings. The fraction of sp³-hybridized carbons (Fsp3) is 0.259. The molecule has 6 heteroatoms. The van der Waals surface area contributed by atoms with Gasteiger partial charge in [-0.3, -0.25) is 4.79 Å². The highest BCUT2D eigenvalue weighted by molar-refractivity contribution is 5.94. The number of aryl methyl sites for hydroxylation is 2. The molecule has 33 heavy (non-hydrogen) atoms. The molecule has 0 bridgehead atoms. The third-order valence-electron chi connectivity index (χ3n) is 5.78. The van der Waals surface area contributed by atoms with E-state index in [4.69, 9.17) is 14.5 Å². The van der Waals surface area contributed by atoms with Crippen molar-refractivity contribution in [1.29, 1.82) is 0 Å². The zero-order valence-corrected chi connectivity index (χ0v) is 19.3. The third-order valence-corrected chi connectivity index (χ3v) is 5.78. The predicted molar refractivity (Wildman–Crippen MR) is 130 cm³/mol. The van der Waals surface area contributed by atoms with Crippen molar-refractivity contribution in [3.05, 3.63) is 89.2 Å². The topological polar surface area (TPSA) is 65.4 Å². The van der Waals surface area contributed by atoms with Crippen LogP contribution in [-0.2, 0) is 13.0 Å². The van der Waals surface area contributed by atoms with Crippen LogP contribution >= 0.6 is 0 Å². The average molecular weight is 444 g/mol. The van der Waals surface area contributed by atoms with Crippen molar-refractivity contribution in [2.45, 2.75) is 26.8 Å². The number of imidazole rings is 1. The SMILES string of the molecule is COc1ccc(C(=O)NCCc2nc3ccccc3n2CCOc2ccc(C)c(C)c2)cc1. The van der Waals surface area contributed by atoms with E-state index in [9.17, 15) is 4.79 Å². The summed E-state index contributed by atoms with van der Waals surface area (Å²) in [5.74, 6) is 2.41. The number of rotatable bonds is 9. The molecule has 0 saturated carbocycles. The molecule has 1 aromatic heterocycles. The molecule has 0 aliphatic carbocycles. The lowest BCUT2D eigenvalue weighted by atomic mass is 10.1. The van der Waals surface area contributed by atoms with Gasteiger partial charge in [-0.25, -0.2) is 4.98 Å². The highest BCUT2D eigenvalue weighted by atomic mass is 16.5. The monoisotopic (exact) mass is 443 g/mol. The second-order valence-corrected chi connectivity index (χ2v) is 8.00. The van der Waals surface area contributed by atoms with Crippen LogP contribution in [0.15, 0.2) is 66.7 Å². The highest BCUT2D eigenvalue weighted by Crippen LogP contribution is 2.19. The number of para-hydroxylation sites is 2. The molecule has 1 heterocycles. The molecule has 0 aliphatic heterocycles. The summed E-state index contributed by atoms with van der Waals surface area (Å²) in [5.41, 5.74) is 5.08. The van der Waals surface area contributed by atoms with Gasteiger partial charge in [-0.1, -0.05) is 18.2 Å². The van der Waals surface area contributed by atoms with Crippen LogP contribution < -0.4 is 14.8 Å². The zero-order chi connectivity index (χ0) is 23.2. The van der Waals surface area contributed by atoms with Crippen LogP contribution in [0, 0.1) is 13.8 Å². The fourth-order valence-corrected chi connectivity index (χ4v) is 3.76. The molecule has 170 valence electrons. The van der Waals surface area contributed by atoms with Gasteiger partial charge in [-0.2, -0.15) is 0 Å². The summed E-state index contributed by atoms with van der Waals surface area (Å²) in [7, 11) is 1.61. The van der Waals surface area contributed by atoms with Gasteiger partial charge < -0.3 is 19.4 Å². The van der Waals surface area contributed by atoms with Gasteiger partial charge in [0.05, 0.1) is 24.7 Å². The van der Waals surface area contributed by atoms with Crippen molar-refractivity contribution < 1.29 is 14.3 Å². The Kier molecular flexibility index (Phi) is 6.93. The fourth-order valence-electron chi connectivity index (χ4n) is 3.76. The summed E-state index contributed by atoms with van der Waals surface area (Å²) in [6.45, 7) is 5.88. The zero-order valence-electron chi connectivity index (χ0n) is 19.3. The number of methoxy groups -OCH3 is 1. The Labute approximate surface area is 194 Å². The standard InChI is InChI=1S/C27H29N3O3/c1-19-8-11-23(18-20(19)2)33-17-16-30-25-7-5-4-6-24(25)29-26(30)14-15-28-27(31)21-9-12-22(32-3)13-10-21/h4-13,18H,14-17H2,1-3H3,(H,28,31). The van der Waals surface area contributed by atoms with E-state index in [-0.39, 0.29) is 5.91 Å². The summed E-state index contributed by atoms with van der Waals surface area (Å²) in [4.78, 5) is 17.3. The van der Waals surface area contributed by atoms with E-state index >= 15 is 0 Å². The van der Waals surface area contributed by atoms with E-state index in [1.807, 2.05) is 24.3 Å². The van der Waals surface area contributed by atoms with Gasteiger partial charge in [-0.05, 0) is 73.5 Å². The number of nitrogens with one attached hydrogen (secondary N) is 1. The van der Waals surface area contributed by atoms with Crippen molar-refractivity contribution in [1.82, 2.24) is 14.9 Å². The van der Waals surface area contributed by atoms with Crippen LogP contribution in [0.4, 0.5) is 0 Å². The summed E-state index contributed by atoms with van der Waals surface area (Å²) in [6, 6.07) is 21.3. The number of ether oxygens (including phenoxy) is 2. The Morgan fingerprint density at radius 3 is 2.48 bits per heavy atom. The molecule has 0 unspecified atom stereocenters. The second kappa shape index (κ2) is 10.2. The molecular formula is C27H29N3O3. The number of hydrogen-bond donors (Lipinski definition) is 1. The summed E-state index contributed by atoms with van der Waals surface area (Å²) >= 11 is 0. The maximum Gasteiger partial charge on any atom is 0.251 e. The molecule has 0 aliphatic rings. The van der Waals surface area contributed by atoms with E-state index in [1.54, 1.807) is 31.4 Å². The summed E-state index contributed by atoms with van der Waals surface area (Å²) in [6.07, 6.45) is 0.625. The first-order chi connectivity index (χ1) is 16.0. The van der Waals surface area contributed by atoms with Gasteiger partial charge in [0, 0.05) is 18.5 Å². The van der Waals surface area contributed by atoms with E-state index in [0.717, 1.165) is 28.4 Å². The minimum Gasteiger partial charge on any atom is -0.497 e. The Morgan fingerprint density at radius 2 is 1.73 bits per heavy atom. The van der Waals surface area contributed by atoms with Crippen LogP contribution in [0.2, 0.25) is 0 Å². The van der Waals surface area contributed by atoms with Crippen LogP contribution in [0.25, 0.3) is 11.0 Å². The number of nitrogens with zero attached hydrogens (tertiary/aromatic N) is 2. The lowest BCUT2D eigenvalue weighted by molar-refractivity contribution is 0.0954. The van der Waals surface area contributed by atoms with Crippen molar-refractivity contribution in [3.8, 4) is 11.5 Å². The molecule has 0 atom stereocenters. The second-order valence-electron chi connectivity index (χ2n) is 8.00. The molecule has 4 rings (SSSR count). The van der Waals surface area contributed by atoms with Crippen LogP contribution in [-0.4, -0.2) is 35.7 Å². The van der Waals surface area contributed by atoms with Crippen molar-refractivity contribution in [2.24, 2.45) is 0 Å². The molecule has 1 amide bonds. The molecule has 0 spiro atoms. The molecule has 0 fully saturated rings. The highest BCUT2D eigenvalue weighted by Gasteiger charge is 2.12. The first kappa shape index (κ1) is 22.4. The van der Waals surface area contributed by atoms with E-state index in [1.165, 1.54) is 11.1 Å². The molecular weight excluding hydrogens is 414 g/mol. The number of amides is 1. The van der Waals surface area contributed by atoms with Gasteiger partial charge in [0.2, 0.25) is 0 Å². The van der Waals surface area contributed by atoms with Crippen LogP contribution in [0.5, 0.6) is 11.5 Å². The van der Waals surface area contributed by atoms with Crippen LogP contribution in [0.1, 0.15) is 27.3 Å². The smallest absolute Gasteiger partial charge is 0.251 e. The molecule has 3 aromatic carbocycles. The molecule has 0 saturated heterocycles. The Bertz CT molecular complexity index is 1250. The van der Waals surface area contributed by atoms with Gasteiger partial charge in [0.25, 0.3) is 5.91 Å². The Morgan fingerprint density at radius 1 is 0.970 bits per heavy atom. The lowest BCUT2D eigenvalue weighted by Crippen LogP contribution is -2.26. The number of carbonyl (C=O) groups excluding carboxylic acids is 1. The minimum absolute atomic E-state index is 0.113. The number of benzene rings is 3. The van der Waals surface area contributed by atoms with Crippen molar-refractivity contribution in [2.75, 3.05) is 20.3 Å². The van der Waals surface area contributed by atoms with Gasteiger partial charge in [0.1, 0.15) is 23.9 Å². The predicted octanol–water partition coefficient (Wildman–Crippen LogP) is 4.71. The Balaban J connectivity index is 1.40. The van der Waals surface area contributed by atoms with Gasteiger partial charge in [-0.15, -0.1) is 0 Å². The lowest BCUT2D eigenvalue weighted by Gasteiger charge is -2.12. The molecule has 1 N–H and O–H groups in total. The molecule has 0 radical (unpaired) electrons. The normalized spacial score (nSPS) is 10.9. The number of fused-ring (bicyclic) bond motifs is 1. The number of carbonyl (C=O) groups is 1. The molecule has 6 nitrogen and oxygen atoms in total. The quantitative estimate of drug-likeness (QED) is 0.407. The largest absolute Gasteiger partial charge is 0.497 e. The van der Waals surface area contributed by atoms with Crippen molar-refractivity contribution in [3.63, 3.8) is 0 Å². The third kappa shape index (κ3) is 5.34. The van der Waals surface area contributed by atoms with Crippen molar-refractivity contribution >= 4 is 16.9 Å². The average Bonchev–Trinajstić information content (AvgIpc) is 3.18. The van der Waals surface area contributed by atoms with Crippen LogP contribution in [0.3, 0.4) is 0 Å². The maximum absolute atomic E-state index is 12.5. The van der Waals surface area contributed by atoms with Gasteiger partial charge in [0.15, 0.2) is 0 Å². The number of aromatic nitrogens is 2. The summed E-state index contributed by atoms with van der Waals surface area (Å²) < 4.78 is 13.3. The maximum atomic E-state index is 12.5. The first-order valence-corrected chi connectivity index (χ1v) is 11.1. The number of hydrogen-bond acceptors (Lipinski definition) is 4. The van der Waals surface area contributed by atoms with Gasteiger partial charge >= 0.3 is 0 Å². The van der Waals surface area contributed by atoms with E-state index < -0.39 is 0 Å². The minimum atomic E-state index is -0.113. The first-order valence-electron chi connectivity index (χ1n) is 11.1.